The summed E-state index contributed by atoms with van der Waals surface area (Å²) in [4.78, 5) is 11.2. The van der Waals surface area contributed by atoms with Gasteiger partial charge in [-0.05, 0) is 18.6 Å². The second-order valence-corrected chi connectivity index (χ2v) is 3.54. The monoisotopic (exact) mass is 240 g/mol. The van der Waals surface area contributed by atoms with Crippen LogP contribution in [0.3, 0.4) is 0 Å². The largest absolute Gasteiger partial charge is 0.504 e. The number of hydrogen-bond donors (Lipinski definition) is 2. The molecule has 0 unspecified atom stereocenters. The zero-order valence-corrected chi connectivity index (χ0v) is 9.90. The number of rotatable bonds is 5. The first kappa shape index (κ1) is 13.2. The standard InChI is InChI=1S/C12H16O5/c1-3-4-5-17-11-9(13)6-8(7-10(11)14)12(15)16-2/h6-7,13-14H,3-5H2,1-2H3. The van der Waals surface area contributed by atoms with Gasteiger partial charge in [0.2, 0.25) is 5.75 Å². The predicted octanol–water partition coefficient (Wildman–Crippen LogP) is 2.06. The van der Waals surface area contributed by atoms with E-state index in [9.17, 15) is 15.0 Å². The van der Waals surface area contributed by atoms with Crippen molar-refractivity contribution < 1.29 is 24.5 Å². The Morgan fingerprint density at radius 2 is 1.88 bits per heavy atom. The summed E-state index contributed by atoms with van der Waals surface area (Å²) in [6.45, 7) is 2.40. The zero-order valence-electron chi connectivity index (χ0n) is 9.90. The summed E-state index contributed by atoms with van der Waals surface area (Å²) in [6, 6.07) is 2.40. The van der Waals surface area contributed by atoms with Crippen LogP contribution in [0.25, 0.3) is 0 Å². The minimum Gasteiger partial charge on any atom is -0.504 e. The molecule has 1 aromatic rings. The molecular weight excluding hydrogens is 224 g/mol. The maximum Gasteiger partial charge on any atom is 0.338 e. The van der Waals surface area contributed by atoms with Crippen LogP contribution in [0.4, 0.5) is 0 Å². The van der Waals surface area contributed by atoms with E-state index in [4.69, 9.17) is 4.74 Å². The molecule has 94 valence electrons. The highest BCUT2D eigenvalue weighted by Gasteiger charge is 2.15. The summed E-state index contributed by atoms with van der Waals surface area (Å²) < 4.78 is 9.71. The van der Waals surface area contributed by atoms with Crippen molar-refractivity contribution in [3.05, 3.63) is 17.7 Å². The van der Waals surface area contributed by atoms with Crippen molar-refractivity contribution in [1.29, 1.82) is 0 Å². The highest BCUT2D eigenvalue weighted by Crippen LogP contribution is 2.37. The third kappa shape index (κ3) is 3.27. The van der Waals surface area contributed by atoms with Crippen LogP contribution in [0.5, 0.6) is 17.2 Å². The lowest BCUT2D eigenvalue weighted by Gasteiger charge is -2.10. The molecule has 0 aliphatic carbocycles. The molecule has 5 heteroatoms. The molecule has 0 bridgehead atoms. The number of phenols is 2. The SMILES string of the molecule is CCCCOc1c(O)cc(C(=O)OC)cc1O. The van der Waals surface area contributed by atoms with E-state index in [1.54, 1.807) is 0 Å². The first-order chi connectivity index (χ1) is 8.10. The molecule has 0 spiro atoms. The van der Waals surface area contributed by atoms with Gasteiger partial charge in [0, 0.05) is 0 Å². The molecule has 0 saturated carbocycles. The first-order valence-corrected chi connectivity index (χ1v) is 5.37. The van der Waals surface area contributed by atoms with Crippen LogP contribution in [0.1, 0.15) is 30.1 Å². The maximum atomic E-state index is 11.2. The Labute approximate surface area is 99.6 Å². The molecule has 1 aromatic carbocycles. The fourth-order valence-corrected chi connectivity index (χ4v) is 1.30. The van der Waals surface area contributed by atoms with Crippen molar-refractivity contribution >= 4 is 5.97 Å². The van der Waals surface area contributed by atoms with E-state index in [1.165, 1.54) is 19.2 Å². The highest BCUT2D eigenvalue weighted by molar-refractivity contribution is 5.91. The first-order valence-electron chi connectivity index (χ1n) is 5.37. The minimum atomic E-state index is -0.629. The number of esters is 1. The van der Waals surface area contributed by atoms with Gasteiger partial charge in [0.05, 0.1) is 19.3 Å². The van der Waals surface area contributed by atoms with Gasteiger partial charge in [0.1, 0.15) is 0 Å². The van der Waals surface area contributed by atoms with Crippen molar-refractivity contribution in [2.75, 3.05) is 13.7 Å². The number of phenolic OH excluding ortho intramolecular Hbond substituents is 2. The van der Waals surface area contributed by atoms with Gasteiger partial charge >= 0.3 is 5.97 Å². The Morgan fingerprint density at radius 3 is 2.35 bits per heavy atom. The number of methoxy groups -OCH3 is 1. The molecule has 0 heterocycles. The Morgan fingerprint density at radius 1 is 1.29 bits per heavy atom. The van der Waals surface area contributed by atoms with Gasteiger partial charge in [0.25, 0.3) is 0 Å². The number of carbonyl (C=O) groups is 1. The normalized spacial score (nSPS) is 10.0. The average molecular weight is 240 g/mol. The van der Waals surface area contributed by atoms with E-state index in [-0.39, 0.29) is 22.8 Å². The van der Waals surface area contributed by atoms with Gasteiger partial charge in [-0.2, -0.15) is 0 Å². The third-order valence-electron chi connectivity index (χ3n) is 2.22. The van der Waals surface area contributed by atoms with Gasteiger partial charge in [-0.3, -0.25) is 0 Å². The van der Waals surface area contributed by atoms with Gasteiger partial charge in [0.15, 0.2) is 11.5 Å². The van der Waals surface area contributed by atoms with Crippen LogP contribution in [-0.2, 0) is 4.74 Å². The van der Waals surface area contributed by atoms with Crippen LogP contribution in [-0.4, -0.2) is 29.9 Å². The fraction of sp³-hybridized carbons (Fsp3) is 0.417. The van der Waals surface area contributed by atoms with Gasteiger partial charge in [-0.1, -0.05) is 13.3 Å². The summed E-state index contributed by atoms with van der Waals surface area (Å²) in [5.41, 5.74) is 0.0744. The topological polar surface area (TPSA) is 76.0 Å². The number of carbonyl (C=O) groups excluding carboxylic acids is 1. The summed E-state index contributed by atoms with van der Waals surface area (Å²) in [5, 5.41) is 19.2. The number of unbranched alkanes of at least 4 members (excludes halogenated alkanes) is 1. The molecule has 0 amide bonds. The molecule has 0 radical (unpaired) electrons. The molecule has 0 atom stereocenters. The van der Waals surface area contributed by atoms with Crippen LogP contribution in [0.15, 0.2) is 12.1 Å². The van der Waals surface area contributed by atoms with Crippen molar-refractivity contribution in [3.8, 4) is 17.2 Å². The van der Waals surface area contributed by atoms with E-state index in [1.807, 2.05) is 6.92 Å². The Kier molecular flexibility index (Phi) is 4.63. The van der Waals surface area contributed by atoms with E-state index < -0.39 is 5.97 Å². The molecule has 1 rings (SSSR count). The predicted molar refractivity (Wildman–Crippen MR) is 61.5 cm³/mol. The van der Waals surface area contributed by atoms with Crippen LogP contribution in [0.2, 0.25) is 0 Å². The second-order valence-electron chi connectivity index (χ2n) is 3.54. The molecule has 0 aliphatic heterocycles. The number of hydrogen-bond acceptors (Lipinski definition) is 5. The lowest BCUT2D eigenvalue weighted by molar-refractivity contribution is 0.0599. The maximum absolute atomic E-state index is 11.2. The van der Waals surface area contributed by atoms with E-state index in [0.717, 1.165) is 12.8 Å². The van der Waals surface area contributed by atoms with Crippen LogP contribution < -0.4 is 4.74 Å². The van der Waals surface area contributed by atoms with Crippen molar-refractivity contribution in [3.63, 3.8) is 0 Å². The summed E-state index contributed by atoms with van der Waals surface area (Å²) in [5.74, 6) is -1.19. The van der Waals surface area contributed by atoms with E-state index in [0.29, 0.717) is 6.61 Å². The van der Waals surface area contributed by atoms with Crippen LogP contribution >= 0.6 is 0 Å². The fourth-order valence-electron chi connectivity index (χ4n) is 1.30. The van der Waals surface area contributed by atoms with Crippen molar-refractivity contribution in [1.82, 2.24) is 0 Å². The summed E-state index contributed by atoms with van der Waals surface area (Å²) in [6.07, 6.45) is 1.76. The van der Waals surface area contributed by atoms with Crippen LogP contribution in [0, 0.1) is 0 Å². The molecular formula is C12H16O5. The molecule has 5 nitrogen and oxygen atoms in total. The smallest absolute Gasteiger partial charge is 0.338 e. The molecule has 0 saturated heterocycles. The Balaban J connectivity index is 2.90. The lowest BCUT2D eigenvalue weighted by Crippen LogP contribution is -2.02. The summed E-state index contributed by atoms with van der Waals surface area (Å²) >= 11 is 0. The molecule has 0 fully saturated rings. The minimum absolute atomic E-state index is 0.00824. The Hall–Kier alpha value is -1.91. The average Bonchev–Trinajstić information content (AvgIpc) is 2.31. The lowest BCUT2D eigenvalue weighted by atomic mass is 10.2. The van der Waals surface area contributed by atoms with Gasteiger partial charge in [-0.15, -0.1) is 0 Å². The molecule has 2 N–H and O–H groups in total. The van der Waals surface area contributed by atoms with Gasteiger partial charge in [-0.25, -0.2) is 4.79 Å². The molecule has 17 heavy (non-hydrogen) atoms. The summed E-state index contributed by atoms with van der Waals surface area (Å²) in [7, 11) is 1.22. The Bertz CT molecular complexity index is 377. The molecule has 0 aromatic heterocycles. The number of benzene rings is 1. The zero-order chi connectivity index (χ0) is 12.8. The van der Waals surface area contributed by atoms with Gasteiger partial charge < -0.3 is 19.7 Å². The molecule has 0 aliphatic rings. The number of aromatic hydroxyl groups is 2. The van der Waals surface area contributed by atoms with Crippen molar-refractivity contribution in [2.24, 2.45) is 0 Å². The van der Waals surface area contributed by atoms with Crippen molar-refractivity contribution in [2.45, 2.75) is 19.8 Å². The van der Waals surface area contributed by atoms with E-state index in [2.05, 4.69) is 4.74 Å². The number of ether oxygens (including phenoxy) is 2. The second kappa shape index (κ2) is 5.98. The van der Waals surface area contributed by atoms with E-state index >= 15 is 0 Å². The highest BCUT2D eigenvalue weighted by atomic mass is 16.5. The quantitative estimate of drug-likeness (QED) is 0.608. The third-order valence-corrected chi connectivity index (χ3v) is 2.22.